The predicted octanol–water partition coefficient (Wildman–Crippen LogP) is 2.55. The number of nitrogens with zero attached hydrogens (tertiary/aromatic N) is 1. The second kappa shape index (κ2) is 5.43. The third-order valence-corrected chi connectivity index (χ3v) is 1.94. The first kappa shape index (κ1) is 11.8. The first-order valence-electron chi connectivity index (χ1n) is 3.26. The van der Waals surface area contributed by atoms with Crippen LogP contribution in [-0.4, -0.2) is 16.1 Å². The number of pyridine rings is 1. The van der Waals surface area contributed by atoms with Crippen LogP contribution in [0.5, 0.6) is 0 Å². The van der Waals surface area contributed by atoms with Gasteiger partial charge in [0, 0.05) is 17.5 Å². The monoisotopic (exact) mass is 293 g/mol. The van der Waals surface area contributed by atoms with E-state index in [1.807, 2.05) is 6.92 Å². The quantitative estimate of drug-likeness (QED) is 0.620. The number of aryl methyl sites for hydroxylation is 1. The van der Waals surface area contributed by atoms with Gasteiger partial charge in [0.05, 0.1) is 5.33 Å². The second-order valence-corrected chi connectivity index (χ2v) is 2.75. The van der Waals surface area contributed by atoms with Crippen LogP contribution in [0.15, 0.2) is 18.3 Å². The van der Waals surface area contributed by atoms with E-state index in [4.69, 9.17) is 0 Å². The van der Waals surface area contributed by atoms with Gasteiger partial charge in [-0.2, -0.15) is 0 Å². The zero-order chi connectivity index (χ0) is 8.27. The highest BCUT2D eigenvalue weighted by Gasteiger charge is 2.05. The molecule has 1 aromatic rings. The van der Waals surface area contributed by atoms with Crippen molar-refractivity contribution >= 4 is 38.7 Å². The number of alkyl halides is 1. The maximum absolute atomic E-state index is 11.1. The standard InChI is InChI=1S/C8H8BrNO.BrH/c1-6-7(8(11)5-9)3-2-4-10-6;/h2-4H,5H2,1H3;1H. The number of rotatable bonds is 2. The fraction of sp³-hybridized carbons (Fsp3) is 0.250. The van der Waals surface area contributed by atoms with Crippen LogP contribution in [0, 0.1) is 6.92 Å². The van der Waals surface area contributed by atoms with E-state index in [-0.39, 0.29) is 22.8 Å². The number of aromatic nitrogens is 1. The smallest absolute Gasteiger partial charge is 0.175 e. The molecule has 0 aliphatic carbocycles. The zero-order valence-electron chi connectivity index (χ0n) is 6.58. The minimum Gasteiger partial charge on any atom is -0.293 e. The Morgan fingerprint density at radius 2 is 2.33 bits per heavy atom. The SMILES string of the molecule is Br.Cc1ncccc1C(=O)CBr. The topological polar surface area (TPSA) is 30.0 Å². The van der Waals surface area contributed by atoms with E-state index in [1.165, 1.54) is 0 Å². The lowest BCUT2D eigenvalue weighted by atomic mass is 10.1. The molecule has 0 aliphatic rings. The molecule has 1 heterocycles. The first-order valence-corrected chi connectivity index (χ1v) is 4.38. The summed E-state index contributed by atoms with van der Waals surface area (Å²) in [5.74, 6) is 0.0793. The Balaban J connectivity index is 0.00000121. The number of ketones is 1. The summed E-state index contributed by atoms with van der Waals surface area (Å²) in [6.45, 7) is 1.83. The molecule has 0 saturated carbocycles. The zero-order valence-corrected chi connectivity index (χ0v) is 9.88. The van der Waals surface area contributed by atoms with Gasteiger partial charge < -0.3 is 0 Å². The number of hydrogen-bond acceptors (Lipinski definition) is 2. The molecular formula is C8H9Br2NO. The van der Waals surface area contributed by atoms with Crippen molar-refractivity contribution in [3.05, 3.63) is 29.6 Å². The molecule has 0 amide bonds. The highest BCUT2D eigenvalue weighted by molar-refractivity contribution is 9.09. The number of carbonyl (C=O) groups is 1. The summed E-state index contributed by atoms with van der Waals surface area (Å²) in [6.07, 6.45) is 1.68. The van der Waals surface area contributed by atoms with Gasteiger partial charge in [0.15, 0.2) is 5.78 Å². The van der Waals surface area contributed by atoms with E-state index in [1.54, 1.807) is 18.3 Å². The molecule has 0 unspecified atom stereocenters. The molecule has 2 nitrogen and oxygen atoms in total. The van der Waals surface area contributed by atoms with E-state index in [9.17, 15) is 4.79 Å². The molecular weight excluding hydrogens is 286 g/mol. The summed E-state index contributed by atoms with van der Waals surface area (Å²) in [5, 5.41) is 0.361. The van der Waals surface area contributed by atoms with Gasteiger partial charge in [-0.1, -0.05) is 15.9 Å². The van der Waals surface area contributed by atoms with Crippen LogP contribution < -0.4 is 0 Å². The van der Waals surface area contributed by atoms with Gasteiger partial charge in [-0.05, 0) is 19.1 Å². The maximum atomic E-state index is 11.1. The van der Waals surface area contributed by atoms with Crippen LogP contribution in [0.4, 0.5) is 0 Å². The van der Waals surface area contributed by atoms with Crippen LogP contribution in [0.25, 0.3) is 0 Å². The molecule has 1 rings (SSSR count). The second-order valence-electron chi connectivity index (χ2n) is 2.19. The van der Waals surface area contributed by atoms with Gasteiger partial charge >= 0.3 is 0 Å². The van der Waals surface area contributed by atoms with Crippen molar-refractivity contribution in [3.8, 4) is 0 Å². The Morgan fingerprint density at radius 1 is 1.67 bits per heavy atom. The van der Waals surface area contributed by atoms with Crippen LogP contribution in [0.2, 0.25) is 0 Å². The highest BCUT2D eigenvalue weighted by Crippen LogP contribution is 2.05. The molecule has 4 heteroatoms. The number of carbonyl (C=O) groups excluding carboxylic acids is 1. The molecule has 0 aromatic carbocycles. The fourth-order valence-corrected chi connectivity index (χ4v) is 1.15. The summed E-state index contributed by atoms with van der Waals surface area (Å²) in [4.78, 5) is 15.2. The summed E-state index contributed by atoms with van der Waals surface area (Å²) in [7, 11) is 0. The van der Waals surface area contributed by atoms with Crippen LogP contribution in [0.1, 0.15) is 16.1 Å². The normalized spacial score (nSPS) is 8.83. The van der Waals surface area contributed by atoms with E-state index < -0.39 is 0 Å². The minimum atomic E-state index is 0. The number of hydrogen-bond donors (Lipinski definition) is 0. The first-order chi connectivity index (χ1) is 5.25. The molecule has 0 N–H and O–H groups in total. The molecule has 0 bridgehead atoms. The Labute approximate surface area is 90.3 Å². The lowest BCUT2D eigenvalue weighted by Crippen LogP contribution is -2.03. The van der Waals surface area contributed by atoms with E-state index in [0.29, 0.717) is 10.9 Å². The summed E-state index contributed by atoms with van der Waals surface area (Å²) < 4.78 is 0. The van der Waals surface area contributed by atoms with Crippen molar-refractivity contribution in [2.75, 3.05) is 5.33 Å². The van der Waals surface area contributed by atoms with E-state index in [0.717, 1.165) is 5.69 Å². The highest BCUT2D eigenvalue weighted by atomic mass is 79.9. The van der Waals surface area contributed by atoms with Gasteiger partial charge in [0.2, 0.25) is 0 Å². The molecule has 0 saturated heterocycles. The van der Waals surface area contributed by atoms with Gasteiger partial charge in [-0.15, -0.1) is 17.0 Å². The van der Waals surface area contributed by atoms with Gasteiger partial charge in [-0.25, -0.2) is 0 Å². The summed E-state index contributed by atoms with van der Waals surface area (Å²) in [6, 6.07) is 3.55. The molecule has 66 valence electrons. The Bertz CT molecular complexity index is 276. The average molecular weight is 295 g/mol. The summed E-state index contributed by atoms with van der Waals surface area (Å²) >= 11 is 3.11. The van der Waals surface area contributed by atoms with Crippen LogP contribution in [-0.2, 0) is 0 Å². The molecule has 0 atom stereocenters. The molecule has 0 radical (unpaired) electrons. The number of Topliss-reactive ketones (excluding diaryl/α,β-unsaturated/α-hetero) is 1. The molecule has 1 aromatic heterocycles. The summed E-state index contributed by atoms with van der Waals surface area (Å²) in [5.41, 5.74) is 1.49. The lowest BCUT2D eigenvalue weighted by molar-refractivity contribution is 0.102. The van der Waals surface area contributed by atoms with Gasteiger partial charge in [-0.3, -0.25) is 9.78 Å². The van der Waals surface area contributed by atoms with Crippen molar-refractivity contribution in [2.24, 2.45) is 0 Å². The van der Waals surface area contributed by atoms with Gasteiger partial charge in [0.1, 0.15) is 0 Å². The fourth-order valence-electron chi connectivity index (χ4n) is 0.851. The van der Waals surface area contributed by atoms with E-state index >= 15 is 0 Å². The van der Waals surface area contributed by atoms with Crippen molar-refractivity contribution in [1.82, 2.24) is 4.98 Å². The lowest BCUT2D eigenvalue weighted by Gasteiger charge is -1.98. The minimum absolute atomic E-state index is 0. The Kier molecular flexibility index (Phi) is 5.33. The van der Waals surface area contributed by atoms with Crippen LogP contribution >= 0.6 is 32.9 Å². The van der Waals surface area contributed by atoms with E-state index in [2.05, 4.69) is 20.9 Å². The Morgan fingerprint density at radius 3 is 2.83 bits per heavy atom. The largest absolute Gasteiger partial charge is 0.293 e. The third kappa shape index (κ3) is 2.68. The number of halogens is 2. The molecule has 0 fully saturated rings. The maximum Gasteiger partial charge on any atom is 0.175 e. The van der Waals surface area contributed by atoms with Crippen molar-refractivity contribution in [1.29, 1.82) is 0 Å². The van der Waals surface area contributed by atoms with Crippen molar-refractivity contribution < 1.29 is 4.79 Å². The molecule has 0 aliphatic heterocycles. The van der Waals surface area contributed by atoms with Crippen molar-refractivity contribution in [3.63, 3.8) is 0 Å². The molecule has 12 heavy (non-hydrogen) atoms. The average Bonchev–Trinajstić information content (AvgIpc) is 2.04. The molecule has 0 spiro atoms. The van der Waals surface area contributed by atoms with Gasteiger partial charge in [0.25, 0.3) is 0 Å². The Hall–Kier alpha value is -0.220. The van der Waals surface area contributed by atoms with Crippen molar-refractivity contribution in [2.45, 2.75) is 6.92 Å². The van der Waals surface area contributed by atoms with Crippen LogP contribution in [0.3, 0.4) is 0 Å². The third-order valence-electron chi connectivity index (χ3n) is 1.43. The predicted molar refractivity (Wildman–Crippen MR) is 57.4 cm³/mol.